The number of carboxylic acids is 1. The summed E-state index contributed by atoms with van der Waals surface area (Å²) in [6.07, 6.45) is 0.414. The lowest BCUT2D eigenvalue weighted by Crippen LogP contribution is -2.28. The fourth-order valence-electron chi connectivity index (χ4n) is 2.20. The number of phenolic OH excluding ortho intramolecular Hbond substituents is 1. The van der Waals surface area contributed by atoms with E-state index in [0.717, 1.165) is 5.56 Å². The van der Waals surface area contributed by atoms with Gasteiger partial charge in [0.05, 0.1) is 18.9 Å². The zero-order valence-corrected chi connectivity index (χ0v) is 11.4. The Bertz CT molecular complexity index is 542. The van der Waals surface area contributed by atoms with Crippen LogP contribution in [0.15, 0.2) is 18.2 Å². The van der Waals surface area contributed by atoms with Crippen LogP contribution in [0.5, 0.6) is 11.5 Å². The molecule has 2 rings (SSSR count). The number of rotatable bonds is 5. The molecule has 20 heavy (non-hydrogen) atoms. The van der Waals surface area contributed by atoms with Gasteiger partial charge >= 0.3 is 5.97 Å². The lowest BCUT2D eigenvalue weighted by molar-refractivity contribution is -0.141. The van der Waals surface area contributed by atoms with Crippen LogP contribution in [0.25, 0.3) is 0 Å². The van der Waals surface area contributed by atoms with E-state index in [2.05, 4.69) is 0 Å². The third-order valence-electron chi connectivity index (χ3n) is 3.46. The fourth-order valence-corrected chi connectivity index (χ4v) is 2.20. The maximum Gasteiger partial charge on any atom is 0.307 e. The first-order valence-electron chi connectivity index (χ1n) is 6.27. The summed E-state index contributed by atoms with van der Waals surface area (Å²) in [5.41, 5.74) is 0.808. The summed E-state index contributed by atoms with van der Waals surface area (Å²) in [6.45, 7) is 0.346. The van der Waals surface area contributed by atoms with Gasteiger partial charge < -0.3 is 19.8 Å². The summed E-state index contributed by atoms with van der Waals surface area (Å²) in [4.78, 5) is 24.3. The first-order chi connectivity index (χ1) is 9.43. The molecule has 6 nitrogen and oxygen atoms in total. The first kappa shape index (κ1) is 14.2. The number of aromatic hydroxyl groups is 1. The number of nitrogens with zero attached hydrogens (tertiary/aromatic N) is 1. The molecule has 0 bridgehead atoms. The van der Waals surface area contributed by atoms with Crippen molar-refractivity contribution in [2.24, 2.45) is 11.8 Å². The molecule has 1 saturated carbocycles. The van der Waals surface area contributed by atoms with Gasteiger partial charge in [0, 0.05) is 13.6 Å². The number of hydrogen-bond acceptors (Lipinski definition) is 4. The molecule has 1 amide bonds. The molecule has 0 aromatic heterocycles. The van der Waals surface area contributed by atoms with E-state index in [9.17, 15) is 14.7 Å². The van der Waals surface area contributed by atoms with Gasteiger partial charge in [-0.2, -0.15) is 0 Å². The molecule has 1 aromatic carbocycles. The highest BCUT2D eigenvalue weighted by atomic mass is 16.5. The average Bonchev–Trinajstić information content (AvgIpc) is 3.20. The van der Waals surface area contributed by atoms with Gasteiger partial charge in [-0.05, 0) is 24.1 Å². The van der Waals surface area contributed by atoms with E-state index in [0.29, 0.717) is 18.7 Å². The number of hydrogen-bond donors (Lipinski definition) is 2. The van der Waals surface area contributed by atoms with Crippen molar-refractivity contribution in [2.45, 2.75) is 13.0 Å². The van der Waals surface area contributed by atoms with Gasteiger partial charge in [0.25, 0.3) is 0 Å². The Balaban J connectivity index is 1.99. The summed E-state index contributed by atoms with van der Waals surface area (Å²) in [5, 5.41) is 18.3. The Labute approximate surface area is 116 Å². The average molecular weight is 279 g/mol. The van der Waals surface area contributed by atoms with E-state index < -0.39 is 17.8 Å². The van der Waals surface area contributed by atoms with Gasteiger partial charge in [0.1, 0.15) is 0 Å². The predicted octanol–water partition coefficient (Wildman–Crippen LogP) is 1.08. The van der Waals surface area contributed by atoms with E-state index in [-0.39, 0.29) is 11.7 Å². The van der Waals surface area contributed by atoms with E-state index >= 15 is 0 Å². The van der Waals surface area contributed by atoms with Crippen molar-refractivity contribution in [3.63, 3.8) is 0 Å². The van der Waals surface area contributed by atoms with Crippen molar-refractivity contribution in [1.29, 1.82) is 0 Å². The maximum atomic E-state index is 12.0. The van der Waals surface area contributed by atoms with Crippen molar-refractivity contribution >= 4 is 11.9 Å². The molecule has 0 saturated heterocycles. The molecular formula is C14H17NO5. The van der Waals surface area contributed by atoms with Crippen LogP contribution in [0, 0.1) is 11.8 Å². The predicted molar refractivity (Wildman–Crippen MR) is 70.4 cm³/mol. The first-order valence-corrected chi connectivity index (χ1v) is 6.27. The molecule has 2 atom stereocenters. The Hall–Kier alpha value is -2.24. The van der Waals surface area contributed by atoms with Crippen LogP contribution in [-0.2, 0) is 16.1 Å². The van der Waals surface area contributed by atoms with E-state index in [1.54, 1.807) is 19.2 Å². The standard InChI is InChI=1S/C14H17NO5/c1-15(13(17)9-6-10(9)14(18)19)7-8-3-4-11(16)12(5-8)20-2/h3-5,9-10,16H,6-7H2,1-2H3,(H,18,19). The van der Waals surface area contributed by atoms with E-state index in [1.165, 1.54) is 18.1 Å². The molecular weight excluding hydrogens is 262 g/mol. The number of amides is 1. The second-order valence-electron chi connectivity index (χ2n) is 4.99. The van der Waals surface area contributed by atoms with Crippen LogP contribution >= 0.6 is 0 Å². The fraction of sp³-hybridized carbons (Fsp3) is 0.429. The Morgan fingerprint density at radius 2 is 2.10 bits per heavy atom. The zero-order valence-electron chi connectivity index (χ0n) is 11.4. The summed E-state index contributed by atoms with van der Waals surface area (Å²) < 4.78 is 5.00. The van der Waals surface area contributed by atoms with Gasteiger partial charge in [0.2, 0.25) is 5.91 Å². The highest BCUT2D eigenvalue weighted by molar-refractivity contribution is 5.89. The maximum absolute atomic E-state index is 12.0. The highest BCUT2D eigenvalue weighted by Gasteiger charge is 2.49. The van der Waals surface area contributed by atoms with Crippen molar-refractivity contribution in [1.82, 2.24) is 4.90 Å². The number of phenols is 1. The zero-order chi connectivity index (χ0) is 14.9. The summed E-state index contributed by atoms with van der Waals surface area (Å²) in [5.74, 6) is -1.64. The molecule has 0 radical (unpaired) electrons. The summed E-state index contributed by atoms with van der Waals surface area (Å²) in [6, 6.07) is 4.85. The molecule has 0 spiro atoms. The van der Waals surface area contributed by atoms with Crippen LogP contribution in [0.1, 0.15) is 12.0 Å². The molecule has 0 aliphatic heterocycles. The Morgan fingerprint density at radius 3 is 2.65 bits per heavy atom. The molecule has 1 aromatic rings. The second-order valence-corrected chi connectivity index (χ2v) is 4.99. The number of ether oxygens (including phenoxy) is 1. The monoisotopic (exact) mass is 279 g/mol. The van der Waals surface area contributed by atoms with E-state index in [4.69, 9.17) is 9.84 Å². The molecule has 0 heterocycles. The largest absolute Gasteiger partial charge is 0.504 e. The number of aliphatic carboxylic acids is 1. The van der Waals surface area contributed by atoms with Crippen LogP contribution < -0.4 is 4.74 Å². The molecule has 2 N–H and O–H groups in total. The van der Waals surface area contributed by atoms with Crippen LogP contribution in [0.4, 0.5) is 0 Å². The van der Waals surface area contributed by atoms with Crippen LogP contribution in [0.3, 0.4) is 0 Å². The smallest absolute Gasteiger partial charge is 0.307 e. The number of methoxy groups -OCH3 is 1. The topological polar surface area (TPSA) is 87.1 Å². The number of benzene rings is 1. The Morgan fingerprint density at radius 1 is 1.40 bits per heavy atom. The van der Waals surface area contributed by atoms with Crippen molar-refractivity contribution in [3.8, 4) is 11.5 Å². The van der Waals surface area contributed by atoms with Crippen molar-refractivity contribution < 1.29 is 24.5 Å². The van der Waals surface area contributed by atoms with E-state index in [1.807, 2.05) is 0 Å². The van der Waals surface area contributed by atoms with Crippen molar-refractivity contribution in [3.05, 3.63) is 23.8 Å². The van der Waals surface area contributed by atoms with Gasteiger partial charge in [-0.25, -0.2) is 0 Å². The molecule has 1 fully saturated rings. The lowest BCUT2D eigenvalue weighted by Gasteiger charge is -2.17. The highest BCUT2D eigenvalue weighted by Crippen LogP contribution is 2.40. The minimum Gasteiger partial charge on any atom is -0.504 e. The third kappa shape index (κ3) is 2.84. The molecule has 6 heteroatoms. The quantitative estimate of drug-likeness (QED) is 0.842. The van der Waals surface area contributed by atoms with Crippen LogP contribution in [-0.4, -0.2) is 41.1 Å². The number of carboxylic acid groups (broad SMARTS) is 1. The normalized spacial score (nSPS) is 20.3. The SMILES string of the molecule is COc1cc(CN(C)C(=O)C2CC2C(=O)O)ccc1O. The number of carbonyl (C=O) groups excluding carboxylic acids is 1. The molecule has 1 aliphatic carbocycles. The van der Waals surface area contributed by atoms with Crippen LogP contribution in [0.2, 0.25) is 0 Å². The van der Waals surface area contributed by atoms with Gasteiger partial charge in [-0.1, -0.05) is 6.07 Å². The molecule has 2 unspecified atom stereocenters. The minimum atomic E-state index is -0.914. The molecule has 1 aliphatic rings. The van der Waals surface area contributed by atoms with Gasteiger partial charge in [-0.3, -0.25) is 9.59 Å². The summed E-state index contributed by atoms with van der Waals surface area (Å²) >= 11 is 0. The lowest BCUT2D eigenvalue weighted by atomic mass is 10.2. The third-order valence-corrected chi connectivity index (χ3v) is 3.46. The molecule has 108 valence electrons. The minimum absolute atomic E-state index is 0.0402. The Kier molecular flexibility index (Phi) is 3.83. The second kappa shape index (κ2) is 5.40. The van der Waals surface area contributed by atoms with Gasteiger partial charge in [-0.15, -0.1) is 0 Å². The number of carbonyl (C=O) groups is 2. The van der Waals surface area contributed by atoms with Gasteiger partial charge in [0.15, 0.2) is 11.5 Å². The van der Waals surface area contributed by atoms with Crippen molar-refractivity contribution in [2.75, 3.05) is 14.2 Å². The summed E-state index contributed by atoms with van der Waals surface area (Å²) in [7, 11) is 3.09.